The van der Waals surface area contributed by atoms with Gasteiger partial charge in [0.2, 0.25) is 11.6 Å². The van der Waals surface area contributed by atoms with E-state index in [-0.39, 0.29) is 113 Å². The molecule has 0 spiro atoms. The quantitative estimate of drug-likeness (QED) is 0.168. The molecular formula is C27H39Ac2NO10. The normalized spacial score (nSPS) is 42.0. The maximum Gasteiger partial charge on any atom is 0.231 e. The number of nitrogens with zero attached hydrogens (tertiary/aromatic N) is 1. The molecule has 0 aromatic heterocycles. The Morgan fingerprint density at radius 2 is 1.73 bits per heavy atom. The molecule has 13 heteroatoms. The number of Topliss-reactive ketones (excluding diaryl/α,β-unsaturated/α-hetero) is 3. The first-order valence-corrected chi connectivity index (χ1v) is 13.0. The monoisotopic (exact) mass is 991 g/mol. The molecule has 1 saturated heterocycles. The van der Waals surface area contributed by atoms with E-state index in [1.165, 1.54) is 20.8 Å². The van der Waals surface area contributed by atoms with Crippen molar-refractivity contribution in [1.82, 2.24) is 0 Å². The molecule has 0 amide bonds. The number of carbonyl (C=O) groups excluding carboxylic acids is 3. The Balaban J connectivity index is 0.00000280. The van der Waals surface area contributed by atoms with Crippen molar-refractivity contribution in [1.29, 1.82) is 0 Å². The topological polar surface area (TPSA) is 180 Å². The summed E-state index contributed by atoms with van der Waals surface area (Å²) >= 11 is 0. The zero-order chi connectivity index (χ0) is 28.8. The molecule has 0 aromatic rings. The molecule has 1 aliphatic heterocycles. The van der Waals surface area contributed by atoms with Crippen molar-refractivity contribution in [2.75, 3.05) is 13.2 Å². The average molecular weight is 992 g/mol. The number of ketones is 3. The van der Waals surface area contributed by atoms with Crippen molar-refractivity contribution in [2.45, 2.75) is 102 Å². The Labute approximate surface area is 305 Å². The molecule has 11 nitrogen and oxygen atoms in total. The first-order valence-electron chi connectivity index (χ1n) is 13.0. The number of aliphatic hydroxyl groups excluding tert-OH is 2. The molecular weight excluding hydrogens is 952 g/mol. The van der Waals surface area contributed by atoms with Crippen LogP contribution in [0, 0.1) is 116 Å². The Bertz CT molecular complexity index is 1120. The molecule has 2 bridgehead atoms. The van der Waals surface area contributed by atoms with Gasteiger partial charge < -0.3 is 29.9 Å². The molecule has 40 heavy (non-hydrogen) atoms. The molecule has 2 radical (unpaired) electrons. The van der Waals surface area contributed by atoms with Crippen molar-refractivity contribution in [3.05, 3.63) is 16.1 Å². The number of rotatable bonds is 6. The third-order valence-corrected chi connectivity index (χ3v) is 10.3. The second-order valence-electron chi connectivity index (χ2n) is 12.9. The van der Waals surface area contributed by atoms with Gasteiger partial charge >= 0.3 is 0 Å². The van der Waals surface area contributed by atoms with E-state index in [1.807, 2.05) is 0 Å². The van der Waals surface area contributed by atoms with E-state index in [2.05, 4.69) is 5.18 Å². The summed E-state index contributed by atoms with van der Waals surface area (Å²) in [7, 11) is 0. The maximum absolute atomic E-state index is 14.0. The largest absolute Gasteiger partial charge is 0.392 e. The number of carbonyl (C=O) groups is 3. The summed E-state index contributed by atoms with van der Waals surface area (Å²) in [5.74, 6) is -4.42. The fourth-order valence-electron chi connectivity index (χ4n) is 7.79. The third kappa shape index (κ3) is 5.11. The van der Waals surface area contributed by atoms with Crippen LogP contribution in [0.25, 0.3) is 0 Å². The van der Waals surface area contributed by atoms with Gasteiger partial charge in [0.15, 0.2) is 11.3 Å². The summed E-state index contributed by atoms with van der Waals surface area (Å²) in [6.07, 6.45) is -4.69. The van der Waals surface area contributed by atoms with E-state index in [1.54, 1.807) is 27.7 Å². The number of ether oxygens (including phenoxy) is 2. The van der Waals surface area contributed by atoms with Gasteiger partial charge in [-0.05, 0) is 44.8 Å². The number of hydrogen-bond acceptors (Lipinski definition) is 11. The SMILES string of the molecule is CC1=C2C(O)C(=O)C3(C)C(O)CC4OCC4(O)C3C(C)C(O)(CC1OCC(=O)C(=O)C(C)(C)N=O)C2(C)C.[Ac].[Ac]. The van der Waals surface area contributed by atoms with E-state index >= 15 is 0 Å². The number of aliphatic hydroxyl groups is 4. The van der Waals surface area contributed by atoms with Gasteiger partial charge in [-0.25, -0.2) is 0 Å². The van der Waals surface area contributed by atoms with Gasteiger partial charge in [0.05, 0.1) is 35.9 Å². The first kappa shape index (κ1) is 37.2. The molecule has 3 fully saturated rings. The summed E-state index contributed by atoms with van der Waals surface area (Å²) in [6.45, 7) is 9.97. The predicted molar refractivity (Wildman–Crippen MR) is 133 cm³/mol. The minimum atomic E-state index is -1.76. The molecule has 3 aliphatic carbocycles. The summed E-state index contributed by atoms with van der Waals surface area (Å²) in [5, 5.41) is 49.5. The smallest absolute Gasteiger partial charge is 0.231 e. The van der Waals surface area contributed by atoms with Crippen LogP contribution in [0.15, 0.2) is 16.3 Å². The zero-order valence-corrected chi connectivity index (χ0v) is 33.6. The predicted octanol–water partition coefficient (Wildman–Crippen LogP) is 0.629. The number of hydrogen-bond donors (Lipinski definition) is 4. The van der Waals surface area contributed by atoms with Gasteiger partial charge in [-0.3, -0.25) is 14.4 Å². The fraction of sp³-hybridized carbons (Fsp3) is 0.815. The van der Waals surface area contributed by atoms with Gasteiger partial charge in [-0.2, -0.15) is 0 Å². The van der Waals surface area contributed by atoms with Crippen LogP contribution in [0.2, 0.25) is 0 Å². The van der Waals surface area contributed by atoms with Gasteiger partial charge in [0.1, 0.15) is 18.3 Å². The first-order chi connectivity index (χ1) is 17.3. The minimum absolute atomic E-state index is 0. The Kier molecular flexibility index (Phi) is 11.2. The average Bonchev–Trinajstić information content (AvgIpc) is 2.84. The number of nitroso groups, excluding NO2 is 1. The van der Waals surface area contributed by atoms with Crippen LogP contribution >= 0.6 is 0 Å². The zero-order valence-electron chi connectivity index (χ0n) is 24.1. The van der Waals surface area contributed by atoms with Crippen LogP contribution in [0.5, 0.6) is 0 Å². The van der Waals surface area contributed by atoms with E-state index in [0.717, 1.165) is 0 Å². The molecule has 4 N–H and O–H groups in total. The van der Waals surface area contributed by atoms with Crippen molar-refractivity contribution >= 4 is 17.3 Å². The standard InChI is InChI=1S/C27H39NO10.2Ac/c1-12-15(37-10-14(29)21(32)24(5,6)28-36)9-27(35)13(2)20-25(7,16(30)8-17-26(20,34)11-38-17)22(33)19(31)18(12)23(27,3)4;;/h13,15-17,19-20,30-31,34-35H,8-11H2,1-7H3;;. The molecule has 218 valence electrons. The Morgan fingerprint density at radius 1 is 1.15 bits per heavy atom. The van der Waals surface area contributed by atoms with E-state index < -0.39 is 87.8 Å². The van der Waals surface area contributed by atoms with Gasteiger partial charge in [0.25, 0.3) is 0 Å². The second kappa shape index (κ2) is 12.1. The summed E-state index contributed by atoms with van der Waals surface area (Å²) in [6, 6.07) is 0. The van der Waals surface area contributed by atoms with Crippen LogP contribution in [-0.2, 0) is 23.9 Å². The molecule has 2 saturated carbocycles. The summed E-state index contributed by atoms with van der Waals surface area (Å²) < 4.78 is 11.4. The maximum atomic E-state index is 14.0. The van der Waals surface area contributed by atoms with Gasteiger partial charge in [-0.1, -0.05) is 25.9 Å². The van der Waals surface area contributed by atoms with Crippen LogP contribution in [0.3, 0.4) is 0 Å². The molecule has 9 unspecified atom stereocenters. The Hall–Kier alpha value is 0.993. The van der Waals surface area contributed by atoms with Crippen LogP contribution < -0.4 is 0 Å². The van der Waals surface area contributed by atoms with E-state index in [4.69, 9.17) is 9.47 Å². The second-order valence-corrected chi connectivity index (χ2v) is 12.9. The molecule has 4 rings (SSSR count). The fourth-order valence-corrected chi connectivity index (χ4v) is 7.79. The Morgan fingerprint density at radius 3 is 2.23 bits per heavy atom. The summed E-state index contributed by atoms with van der Waals surface area (Å²) in [4.78, 5) is 49.9. The molecule has 4 aliphatic rings. The summed E-state index contributed by atoms with van der Waals surface area (Å²) in [5.41, 5.74) is -7.04. The van der Waals surface area contributed by atoms with Gasteiger partial charge in [-0.15, -0.1) is 4.91 Å². The molecule has 0 aromatic carbocycles. The van der Waals surface area contributed by atoms with Crippen molar-refractivity contribution in [3.8, 4) is 0 Å². The molecule has 1 heterocycles. The third-order valence-electron chi connectivity index (χ3n) is 10.3. The van der Waals surface area contributed by atoms with Crippen molar-refractivity contribution < 1.29 is 132 Å². The molecule has 9 atom stereocenters. The number of fused-ring (bicyclic) bond motifs is 5. The van der Waals surface area contributed by atoms with Crippen molar-refractivity contribution in [2.24, 2.45) is 27.8 Å². The van der Waals surface area contributed by atoms with Crippen LogP contribution in [-0.4, -0.2) is 92.1 Å². The van der Waals surface area contributed by atoms with Crippen LogP contribution in [0.4, 0.5) is 0 Å². The minimum Gasteiger partial charge on any atom is -0.392 e. The van der Waals surface area contributed by atoms with E-state index in [0.29, 0.717) is 5.57 Å². The van der Waals surface area contributed by atoms with Crippen molar-refractivity contribution in [3.63, 3.8) is 0 Å². The van der Waals surface area contributed by atoms with E-state index in [9.17, 15) is 39.7 Å². The van der Waals surface area contributed by atoms with Gasteiger partial charge in [0, 0.05) is 112 Å². The van der Waals surface area contributed by atoms with Crippen LogP contribution in [0.1, 0.15) is 61.3 Å².